The number of hydrogen-bond acceptors (Lipinski definition) is 6. The number of hydrogen-bond donors (Lipinski definition) is 3. The van der Waals surface area contributed by atoms with Crippen molar-refractivity contribution in [3.05, 3.63) is 58.9 Å². The van der Waals surface area contributed by atoms with Crippen LogP contribution in [-0.4, -0.2) is 49.4 Å². The van der Waals surface area contributed by atoms with Crippen LogP contribution < -0.4 is 4.72 Å². The van der Waals surface area contributed by atoms with E-state index in [4.69, 9.17) is 5.41 Å². The zero-order valence-corrected chi connectivity index (χ0v) is 18.1. The average Bonchev–Trinajstić information content (AvgIpc) is 3.17. The molecule has 1 aromatic carbocycles. The Morgan fingerprint density at radius 2 is 2.12 bits per heavy atom. The highest BCUT2D eigenvalue weighted by atomic mass is 32.2. The van der Waals surface area contributed by atoms with Gasteiger partial charge in [0.15, 0.2) is 5.82 Å². The van der Waals surface area contributed by atoms with Gasteiger partial charge in [0, 0.05) is 42.8 Å². The van der Waals surface area contributed by atoms with E-state index in [1.54, 1.807) is 20.0 Å². The Bertz CT molecular complexity index is 1320. The van der Waals surface area contributed by atoms with Crippen LogP contribution in [0.25, 0.3) is 11.0 Å². The number of nitrogens with one attached hydrogen (secondary N) is 3. The normalized spacial score (nSPS) is 12.9. The molecule has 0 saturated carbocycles. The van der Waals surface area contributed by atoms with Gasteiger partial charge in [0.1, 0.15) is 11.5 Å². The summed E-state index contributed by atoms with van der Waals surface area (Å²) in [5.41, 5.74) is -0.557. The van der Waals surface area contributed by atoms with E-state index in [2.05, 4.69) is 19.7 Å². The monoisotopic (exact) mass is 461 g/mol. The predicted molar refractivity (Wildman–Crippen MR) is 120 cm³/mol. The Balaban J connectivity index is 2.09. The fraction of sp³-hybridized carbons (Fsp3) is 0.238. The summed E-state index contributed by atoms with van der Waals surface area (Å²) in [7, 11) is -2.29. The van der Waals surface area contributed by atoms with Gasteiger partial charge in [-0.25, -0.2) is 22.2 Å². The number of aromatic nitrogens is 2. The van der Waals surface area contributed by atoms with Gasteiger partial charge in [-0.05, 0) is 30.2 Å². The molecule has 2 aromatic heterocycles. The van der Waals surface area contributed by atoms with Gasteiger partial charge >= 0.3 is 0 Å². The van der Waals surface area contributed by atoms with Crippen molar-refractivity contribution in [3.8, 4) is 0 Å². The molecule has 0 aliphatic carbocycles. The number of anilines is 1. The molecule has 8 nitrogen and oxygen atoms in total. The second-order valence-electron chi connectivity index (χ2n) is 7.00. The van der Waals surface area contributed by atoms with Gasteiger partial charge in [-0.1, -0.05) is 6.92 Å². The van der Waals surface area contributed by atoms with E-state index >= 15 is 4.39 Å². The molecular weight excluding hydrogens is 440 g/mol. The van der Waals surface area contributed by atoms with Crippen molar-refractivity contribution in [2.45, 2.75) is 19.3 Å². The summed E-state index contributed by atoms with van der Waals surface area (Å²) in [4.78, 5) is 24.0. The van der Waals surface area contributed by atoms with Crippen molar-refractivity contribution in [1.29, 1.82) is 5.41 Å². The number of halogens is 2. The van der Waals surface area contributed by atoms with E-state index in [1.807, 2.05) is 0 Å². The number of carbonyl (C=O) groups is 1. The first-order valence-corrected chi connectivity index (χ1v) is 11.3. The number of nitrogens with zero attached hydrogens (tertiary/aromatic N) is 2. The van der Waals surface area contributed by atoms with Gasteiger partial charge in [-0.2, -0.15) is 0 Å². The topological polar surface area (TPSA) is 128 Å². The molecule has 1 unspecified atom stereocenters. The highest BCUT2D eigenvalue weighted by Crippen LogP contribution is 2.28. The van der Waals surface area contributed by atoms with Gasteiger partial charge in [0.05, 0.1) is 22.9 Å². The second-order valence-corrected chi connectivity index (χ2v) is 8.84. The molecule has 0 radical (unpaired) electrons. The number of H-pyrrole nitrogens is 1. The molecule has 32 heavy (non-hydrogen) atoms. The van der Waals surface area contributed by atoms with Gasteiger partial charge in [-0.3, -0.25) is 14.5 Å². The van der Waals surface area contributed by atoms with Crippen LogP contribution in [0.5, 0.6) is 0 Å². The van der Waals surface area contributed by atoms with Crippen molar-refractivity contribution in [2.75, 3.05) is 17.5 Å². The SMILES string of the molecule is CCCS(=O)(=O)Nc1ccc(F)c(C(=O)c2c[nH]c3ncc(C(C=N)C=NC)cc23)c1F. The standard InChI is InChI=1S/C21H21F2N5O3S/c1-3-6-32(30,31)28-17-5-4-16(22)18(19(17)23)20(29)15-11-27-21-14(15)7-12(10-26-21)13(8-24)9-25-2/h4-5,7-11,13,24,28H,3,6H2,1-2H3,(H,26,27). The number of sulfonamides is 1. The van der Waals surface area contributed by atoms with Crippen LogP contribution in [0.1, 0.15) is 40.7 Å². The summed E-state index contributed by atoms with van der Waals surface area (Å²) in [6, 6.07) is 3.36. The molecule has 3 aromatic rings. The number of ketones is 1. The molecule has 3 rings (SSSR count). The van der Waals surface area contributed by atoms with E-state index in [1.165, 1.54) is 18.6 Å². The van der Waals surface area contributed by atoms with E-state index in [0.29, 0.717) is 23.0 Å². The molecular formula is C21H21F2N5O3S. The molecule has 3 N–H and O–H groups in total. The van der Waals surface area contributed by atoms with Gasteiger partial charge < -0.3 is 10.4 Å². The minimum atomic E-state index is -3.85. The zero-order chi connectivity index (χ0) is 23.5. The molecule has 0 aliphatic rings. The lowest BCUT2D eigenvalue weighted by atomic mass is 9.98. The second kappa shape index (κ2) is 9.35. The van der Waals surface area contributed by atoms with Crippen LogP contribution in [0, 0.1) is 17.0 Å². The molecule has 0 amide bonds. The number of benzene rings is 1. The van der Waals surface area contributed by atoms with Gasteiger partial charge in [0.2, 0.25) is 15.8 Å². The molecule has 168 valence electrons. The predicted octanol–water partition coefficient (Wildman–Crippen LogP) is 3.66. The quantitative estimate of drug-likeness (QED) is 0.332. The minimum absolute atomic E-state index is 0.0436. The summed E-state index contributed by atoms with van der Waals surface area (Å²) in [5.74, 6) is -4.14. The van der Waals surface area contributed by atoms with Crippen LogP contribution in [0.15, 0.2) is 35.6 Å². The molecule has 0 aliphatic heterocycles. The third kappa shape index (κ3) is 4.57. The number of rotatable bonds is 9. The number of aromatic amines is 1. The lowest BCUT2D eigenvalue weighted by Crippen LogP contribution is -2.18. The van der Waals surface area contributed by atoms with E-state index in [-0.39, 0.29) is 11.3 Å². The summed E-state index contributed by atoms with van der Waals surface area (Å²) >= 11 is 0. The van der Waals surface area contributed by atoms with Crippen molar-refractivity contribution >= 4 is 45.0 Å². The fourth-order valence-corrected chi connectivity index (χ4v) is 4.37. The molecule has 1 atom stereocenters. The fourth-order valence-electron chi connectivity index (χ4n) is 3.24. The largest absolute Gasteiger partial charge is 0.345 e. The Morgan fingerprint density at radius 3 is 2.78 bits per heavy atom. The molecule has 0 spiro atoms. The summed E-state index contributed by atoms with van der Waals surface area (Å²) in [5, 5.41) is 7.86. The Hall–Kier alpha value is -3.47. The smallest absolute Gasteiger partial charge is 0.232 e. The Labute approximate surface area is 183 Å². The van der Waals surface area contributed by atoms with Crippen LogP contribution in [0.2, 0.25) is 0 Å². The van der Waals surface area contributed by atoms with Crippen LogP contribution >= 0.6 is 0 Å². The number of aliphatic imine (C=N–C) groups is 1. The molecule has 0 fully saturated rings. The van der Waals surface area contributed by atoms with Gasteiger partial charge in [-0.15, -0.1) is 0 Å². The van der Waals surface area contributed by atoms with Crippen LogP contribution in [0.3, 0.4) is 0 Å². The Morgan fingerprint density at radius 1 is 1.38 bits per heavy atom. The maximum absolute atomic E-state index is 15.0. The summed E-state index contributed by atoms with van der Waals surface area (Å²) in [6.07, 6.45) is 5.76. The number of fused-ring (bicyclic) bond motifs is 1. The zero-order valence-electron chi connectivity index (χ0n) is 17.3. The maximum atomic E-state index is 15.0. The third-order valence-corrected chi connectivity index (χ3v) is 6.20. The van der Waals surface area contributed by atoms with E-state index in [9.17, 15) is 17.6 Å². The third-order valence-electron chi connectivity index (χ3n) is 4.73. The lowest BCUT2D eigenvalue weighted by Gasteiger charge is -2.11. The Kier molecular flexibility index (Phi) is 6.78. The van der Waals surface area contributed by atoms with Crippen LogP contribution in [-0.2, 0) is 10.0 Å². The minimum Gasteiger partial charge on any atom is -0.345 e. The highest BCUT2D eigenvalue weighted by molar-refractivity contribution is 7.92. The molecule has 0 saturated heterocycles. The van der Waals surface area contributed by atoms with E-state index in [0.717, 1.165) is 18.3 Å². The summed E-state index contributed by atoms with van der Waals surface area (Å²) in [6.45, 7) is 1.64. The van der Waals surface area contributed by atoms with Crippen molar-refractivity contribution < 1.29 is 22.0 Å². The van der Waals surface area contributed by atoms with Crippen molar-refractivity contribution in [2.24, 2.45) is 4.99 Å². The summed E-state index contributed by atoms with van der Waals surface area (Å²) < 4.78 is 55.6. The lowest BCUT2D eigenvalue weighted by molar-refractivity contribution is 0.103. The number of carbonyl (C=O) groups excluding carboxylic acids is 1. The first-order chi connectivity index (χ1) is 15.2. The molecule has 2 heterocycles. The average molecular weight is 461 g/mol. The molecule has 0 bridgehead atoms. The molecule has 11 heteroatoms. The first kappa shape index (κ1) is 23.2. The maximum Gasteiger partial charge on any atom is 0.232 e. The van der Waals surface area contributed by atoms with Crippen molar-refractivity contribution in [1.82, 2.24) is 9.97 Å². The first-order valence-electron chi connectivity index (χ1n) is 9.65. The van der Waals surface area contributed by atoms with Gasteiger partial charge in [0.25, 0.3) is 0 Å². The van der Waals surface area contributed by atoms with Crippen LogP contribution in [0.4, 0.5) is 14.5 Å². The van der Waals surface area contributed by atoms with Crippen molar-refractivity contribution in [3.63, 3.8) is 0 Å². The number of pyridine rings is 1. The van der Waals surface area contributed by atoms with E-state index < -0.39 is 44.6 Å². The highest BCUT2D eigenvalue weighted by Gasteiger charge is 2.26.